The zero-order valence-electron chi connectivity index (χ0n) is 11.6. The van der Waals surface area contributed by atoms with Gasteiger partial charge in [-0.2, -0.15) is 0 Å². The highest BCUT2D eigenvalue weighted by Gasteiger charge is 2.09. The second-order valence-corrected chi connectivity index (χ2v) is 5.29. The Morgan fingerprint density at radius 3 is 2.60 bits per heavy atom. The van der Waals surface area contributed by atoms with E-state index >= 15 is 0 Å². The quantitative estimate of drug-likeness (QED) is 0.809. The number of hydrogen-bond acceptors (Lipinski definition) is 1. The Balaban J connectivity index is 1.93. The Morgan fingerprint density at radius 2 is 1.90 bits per heavy atom. The Bertz CT molecular complexity index is 542. The molecule has 0 heterocycles. The van der Waals surface area contributed by atoms with E-state index in [1.165, 1.54) is 17.7 Å². The molecule has 1 atom stereocenters. The second-order valence-electron chi connectivity index (χ2n) is 4.88. The molecule has 0 amide bonds. The molecular weight excluding hydrogens is 273 g/mol. The average molecular weight is 292 g/mol. The first-order valence-electron chi connectivity index (χ1n) is 6.87. The molecule has 1 unspecified atom stereocenters. The number of hydrogen-bond donors (Lipinski definition) is 1. The zero-order chi connectivity index (χ0) is 14.4. The number of nitrogens with one attached hydrogen (secondary N) is 1. The summed E-state index contributed by atoms with van der Waals surface area (Å²) >= 11 is 6.08. The molecule has 0 aromatic heterocycles. The van der Waals surface area contributed by atoms with Gasteiger partial charge in [0.05, 0.1) is 0 Å². The molecule has 2 aromatic rings. The Hall–Kier alpha value is -1.38. The lowest BCUT2D eigenvalue weighted by Gasteiger charge is -2.16. The minimum Gasteiger partial charge on any atom is -0.313 e. The Labute approximate surface area is 124 Å². The third kappa shape index (κ3) is 4.06. The van der Waals surface area contributed by atoms with Crippen LogP contribution in [0.25, 0.3) is 0 Å². The summed E-state index contributed by atoms with van der Waals surface area (Å²) in [6.07, 6.45) is 2.75. The Morgan fingerprint density at radius 1 is 1.15 bits per heavy atom. The minimum atomic E-state index is -0.224. The van der Waals surface area contributed by atoms with Crippen LogP contribution in [0.5, 0.6) is 0 Å². The molecule has 2 rings (SSSR count). The van der Waals surface area contributed by atoms with E-state index in [-0.39, 0.29) is 5.82 Å². The molecule has 20 heavy (non-hydrogen) atoms. The molecule has 0 spiro atoms. The van der Waals surface area contributed by atoms with Crippen molar-refractivity contribution in [3.8, 4) is 0 Å². The molecule has 1 N–H and O–H groups in total. The van der Waals surface area contributed by atoms with E-state index in [1.807, 2.05) is 25.2 Å². The van der Waals surface area contributed by atoms with Crippen LogP contribution >= 0.6 is 11.6 Å². The highest BCUT2D eigenvalue weighted by Crippen LogP contribution is 2.22. The van der Waals surface area contributed by atoms with Crippen molar-refractivity contribution in [2.45, 2.75) is 25.3 Å². The van der Waals surface area contributed by atoms with Gasteiger partial charge in [-0.15, -0.1) is 0 Å². The van der Waals surface area contributed by atoms with Gasteiger partial charge in [0.15, 0.2) is 0 Å². The fourth-order valence-electron chi connectivity index (χ4n) is 2.39. The maximum atomic E-state index is 13.2. The molecule has 106 valence electrons. The second kappa shape index (κ2) is 7.41. The molecule has 2 aromatic carbocycles. The molecule has 1 nitrogen and oxygen atoms in total. The van der Waals surface area contributed by atoms with Crippen LogP contribution in [0.4, 0.5) is 4.39 Å². The van der Waals surface area contributed by atoms with E-state index in [1.54, 1.807) is 6.07 Å². The van der Waals surface area contributed by atoms with E-state index in [0.29, 0.717) is 11.1 Å². The van der Waals surface area contributed by atoms with E-state index in [4.69, 9.17) is 11.6 Å². The number of rotatable bonds is 6. The summed E-state index contributed by atoms with van der Waals surface area (Å²) < 4.78 is 13.2. The molecule has 0 bridgehead atoms. The average Bonchev–Trinajstić information content (AvgIpc) is 2.48. The SMILES string of the molecule is CNC(CCCc1cc(F)ccc1Cl)c1ccccc1. The maximum absolute atomic E-state index is 13.2. The smallest absolute Gasteiger partial charge is 0.123 e. The molecule has 0 aliphatic rings. The summed E-state index contributed by atoms with van der Waals surface area (Å²) in [4.78, 5) is 0. The summed E-state index contributed by atoms with van der Waals surface area (Å²) in [6.45, 7) is 0. The molecule has 0 saturated heterocycles. The first kappa shape index (κ1) is 15.0. The molecule has 0 aliphatic heterocycles. The summed E-state index contributed by atoms with van der Waals surface area (Å²) in [5, 5.41) is 3.97. The Kier molecular flexibility index (Phi) is 5.57. The molecule has 0 aliphatic carbocycles. The third-order valence-electron chi connectivity index (χ3n) is 3.50. The fraction of sp³-hybridized carbons (Fsp3) is 0.294. The molecule has 3 heteroatoms. The van der Waals surface area contributed by atoms with Crippen LogP contribution in [0, 0.1) is 5.82 Å². The topological polar surface area (TPSA) is 12.0 Å². The monoisotopic (exact) mass is 291 g/mol. The van der Waals surface area contributed by atoms with E-state index in [9.17, 15) is 4.39 Å². The largest absolute Gasteiger partial charge is 0.313 e. The van der Waals surface area contributed by atoms with Gasteiger partial charge < -0.3 is 5.32 Å². The normalized spacial score (nSPS) is 12.3. The summed E-state index contributed by atoms with van der Waals surface area (Å²) in [5.74, 6) is -0.224. The fourth-order valence-corrected chi connectivity index (χ4v) is 2.61. The van der Waals surface area contributed by atoms with Gasteiger partial charge in [-0.25, -0.2) is 4.39 Å². The van der Waals surface area contributed by atoms with Crippen LogP contribution < -0.4 is 5.32 Å². The first-order valence-corrected chi connectivity index (χ1v) is 7.24. The predicted octanol–water partition coefficient (Wildman–Crippen LogP) is 4.76. The summed E-state index contributed by atoms with van der Waals surface area (Å²) in [7, 11) is 1.97. The van der Waals surface area contributed by atoms with Crippen molar-refractivity contribution in [1.29, 1.82) is 0 Å². The number of aryl methyl sites for hydroxylation is 1. The van der Waals surface area contributed by atoms with Crippen LogP contribution in [0.3, 0.4) is 0 Å². The molecule has 0 saturated carbocycles. The standard InChI is InChI=1S/C17H19ClFN/c1-20-17(13-6-3-2-4-7-13)9-5-8-14-12-15(19)10-11-16(14)18/h2-4,6-7,10-12,17,20H,5,8-9H2,1H3. The van der Waals surface area contributed by atoms with Gasteiger partial charge in [-0.1, -0.05) is 41.9 Å². The van der Waals surface area contributed by atoms with E-state index in [2.05, 4.69) is 17.4 Å². The van der Waals surface area contributed by atoms with Gasteiger partial charge in [0.25, 0.3) is 0 Å². The van der Waals surface area contributed by atoms with Crippen LogP contribution in [0.1, 0.15) is 30.0 Å². The van der Waals surface area contributed by atoms with Gasteiger partial charge in [-0.3, -0.25) is 0 Å². The summed E-state index contributed by atoms with van der Waals surface area (Å²) in [6, 6.07) is 15.2. The lowest BCUT2D eigenvalue weighted by atomic mass is 9.99. The van der Waals surface area contributed by atoms with Crippen LogP contribution in [-0.4, -0.2) is 7.05 Å². The van der Waals surface area contributed by atoms with Gasteiger partial charge >= 0.3 is 0 Å². The maximum Gasteiger partial charge on any atom is 0.123 e. The third-order valence-corrected chi connectivity index (χ3v) is 3.87. The zero-order valence-corrected chi connectivity index (χ0v) is 12.3. The highest BCUT2D eigenvalue weighted by atomic mass is 35.5. The summed E-state index contributed by atoms with van der Waals surface area (Å²) in [5.41, 5.74) is 2.16. The molecule has 0 fully saturated rings. The van der Waals surface area contributed by atoms with Crippen molar-refractivity contribution < 1.29 is 4.39 Å². The van der Waals surface area contributed by atoms with Crippen molar-refractivity contribution in [3.63, 3.8) is 0 Å². The lowest BCUT2D eigenvalue weighted by Crippen LogP contribution is -2.16. The van der Waals surface area contributed by atoms with Crippen molar-refractivity contribution in [2.24, 2.45) is 0 Å². The minimum absolute atomic E-state index is 0.224. The van der Waals surface area contributed by atoms with Gasteiger partial charge in [-0.05, 0) is 55.6 Å². The van der Waals surface area contributed by atoms with Gasteiger partial charge in [0, 0.05) is 11.1 Å². The van der Waals surface area contributed by atoms with Crippen LogP contribution in [0.2, 0.25) is 5.02 Å². The van der Waals surface area contributed by atoms with E-state index in [0.717, 1.165) is 24.8 Å². The van der Waals surface area contributed by atoms with Gasteiger partial charge in [0.2, 0.25) is 0 Å². The lowest BCUT2D eigenvalue weighted by molar-refractivity contribution is 0.526. The van der Waals surface area contributed by atoms with Crippen LogP contribution in [0.15, 0.2) is 48.5 Å². The van der Waals surface area contributed by atoms with E-state index < -0.39 is 0 Å². The van der Waals surface area contributed by atoms with Gasteiger partial charge in [0.1, 0.15) is 5.82 Å². The van der Waals surface area contributed by atoms with Crippen molar-refractivity contribution in [2.75, 3.05) is 7.05 Å². The number of benzene rings is 2. The van der Waals surface area contributed by atoms with Crippen molar-refractivity contribution in [3.05, 3.63) is 70.5 Å². The van der Waals surface area contributed by atoms with Crippen molar-refractivity contribution >= 4 is 11.6 Å². The first-order chi connectivity index (χ1) is 9.70. The van der Waals surface area contributed by atoms with Crippen molar-refractivity contribution in [1.82, 2.24) is 5.32 Å². The highest BCUT2D eigenvalue weighted by molar-refractivity contribution is 6.31. The van der Waals surface area contributed by atoms with Crippen LogP contribution in [-0.2, 0) is 6.42 Å². The molecular formula is C17H19ClFN. The molecule has 0 radical (unpaired) electrons. The number of halogens is 2. The predicted molar refractivity (Wildman–Crippen MR) is 82.6 cm³/mol.